The molecule has 2 rings (SSSR count). The highest BCUT2D eigenvalue weighted by Crippen LogP contribution is 2.10. The normalized spacial score (nSPS) is 12.3. The van der Waals surface area contributed by atoms with Crippen molar-refractivity contribution in [3.05, 3.63) is 46.5 Å². The van der Waals surface area contributed by atoms with Crippen molar-refractivity contribution in [1.29, 1.82) is 0 Å². The summed E-state index contributed by atoms with van der Waals surface area (Å²) in [6.07, 6.45) is 3.40. The van der Waals surface area contributed by atoms with Gasteiger partial charge in [-0.15, -0.1) is 11.3 Å². The topological polar surface area (TPSA) is 42.2 Å². The number of rotatable bonds is 5. The summed E-state index contributed by atoms with van der Waals surface area (Å²) in [5.74, 6) is 0.967. The largest absolute Gasteiger partial charge is 0.469 e. The van der Waals surface area contributed by atoms with E-state index in [1.807, 2.05) is 36.6 Å². The van der Waals surface area contributed by atoms with Crippen LogP contribution in [0.25, 0.3) is 0 Å². The van der Waals surface area contributed by atoms with E-state index in [9.17, 15) is 4.79 Å². The molecule has 0 radical (unpaired) electrons. The third-order valence-electron chi connectivity index (χ3n) is 2.53. The third-order valence-corrected chi connectivity index (χ3v) is 3.39. The summed E-state index contributed by atoms with van der Waals surface area (Å²) in [6, 6.07) is 7.69. The van der Waals surface area contributed by atoms with Gasteiger partial charge in [-0.05, 0) is 36.9 Å². The van der Waals surface area contributed by atoms with Crippen LogP contribution in [0, 0.1) is 0 Å². The molecular weight excluding hydrogens is 234 g/mol. The molecule has 0 aliphatic heterocycles. The Morgan fingerprint density at radius 3 is 3.00 bits per heavy atom. The number of hydrogen-bond acceptors (Lipinski definition) is 3. The standard InChI is InChI=1S/C13H15NO2S/c1-10(6-7-11-4-2-8-16-11)14-13(15)12-5-3-9-17-12/h2-5,8-10H,6-7H2,1H3,(H,14,15). The van der Waals surface area contributed by atoms with Crippen molar-refractivity contribution in [1.82, 2.24) is 5.32 Å². The predicted octanol–water partition coefficient (Wildman–Crippen LogP) is 3.09. The Kier molecular flexibility index (Phi) is 3.98. The predicted molar refractivity (Wildman–Crippen MR) is 68.3 cm³/mol. The van der Waals surface area contributed by atoms with E-state index in [0.29, 0.717) is 0 Å². The molecule has 1 N–H and O–H groups in total. The van der Waals surface area contributed by atoms with Gasteiger partial charge in [0.05, 0.1) is 11.1 Å². The van der Waals surface area contributed by atoms with Crippen LogP contribution in [0.4, 0.5) is 0 Å². The van der Waals surface area contributed by atoms with Crippen molar-refractivity contribution in [2.75, 3.05) is 0 Å². The molecule has 0 spiro atoms. The molecular formula is C13H15NO2S. The minimum Gasteiger partial charge on any atom is -0.469 e. The highest BCUT2D eigenvalue weighted by Gasteiger charge is 2.10. The van der Waals surface area contributed by atoms with Gasteiger partial charge in [-0.25, -0.2) is 0 Å². The van der Waals surface area contributed by atoms with Gasteiger partial charge in [-0.3, -0.25) is 4.79 Å². The summed E-state index contributed by atoms with van der Waals surface area (Å²) in [6.45, 7) is 2.01. The minimum atomic E-state index is 0.00643. The molecule has 0 saturated heterocycles. The van der Waals surface area contributed by atoms with E-state index in [4.69, 9.17) is 4.42 Å². The summed E-state index contributed by atoms with van der Waals surface area (Å²) < 4.78 is 5.25. The second-order valence-electron chi connectivity index (χ2n) is 3.97. The van der Waals surface area contributed by atoms with Crippen LogP contribution in [0.5, 0.6) is 0 Å². The highest BCUT2D eigenvalue weighted by molar-refractivity contribution is 7.12. The van der Waals surface area contributed by atoms with E-state index in [1.54, 1.807) is 6.26 Å². The van der Waals surface area contributed by atoms with Gasteiger partial charge in [0.25, 0.3) is 5.91 Å². The quantitative estimate of drug-likeness (QED) is 0.884. The molecule has 17 heavy (non-hydrogen) atoms. The number of hydrogen-bond donors (Lipinski definition) is 1. The number of furan rings is 1. The molecule has 1 atom stereocenters. The van der Waals surface area contributed by atoms with E-state index in [0.717, 1.165) is 23.5 Å². The van der Waals surface area contributed by atoms with E-state index < -0.39 is 0 Å². The molecule has 0 fully saturated rings. The monoisotopic (exact) mass is 249 g/mol. The Morgan fingerprint density at radius 2 is 2.35 bits per heavy atom. The Balaban J connectivity index is 1.77. The van der Waals surface area contributed by atoms with Crippen LogP contribution in [0.1, 0.15) is 28.8 Å². The van der Waals surface area contributed by atoms with Gasteiger partial charge >= 0.3 is 0 Å². The maximum Gasteiger partial charge on any atom is 0.261 e. The molecule has 0 bridgehead atoms. The summed E-state index contributed by atoms with van der Waals surface area (Å²) >= 11 is 1.46. The fourth-order valence-electron chi connectivity index (χ4n) is 1.59. The lowest BCUT2D eigenvalue weighted by atomic mass is 10.1. The smallest absolute Gasteiger partial charge is 0.261 e. The average molecular weight is 249 g/mol. The van der Waals surface area contributed by atoms with E-state index >= 15 is 0 Å². The second-order valence-corrected chi connectivity index (χ2v) is 4.92. The zero-order valence-electron chi connectivity index (χ0n) is 9.68. The number of aryl methyl sites for hydroxylation is 1. The van der Waals surface area contributed by atoms with Crippen molar-refractivity contribution >= 4 is 17.2 Å². The van der Waals surface area contributed by atoms with Gasteiger partial charge < -0.3 is 9.73 Å². The number of nitrogens with one attached hydrogen (secondary N) is 1. The van der Waals surface area contributed by atoms with Crippen molar-refractivity contribution < 1.29 is 9.21 Å². The van der Waals surface area contributed by atoms with E-state index in [-0.39, 0.29) is 11.9 Å². The lowest BCUT2D eigenvalue weighted by molar-refractivity contribution is 0.0942. The van der Waals surface area contributed by atoms with Crippen LogP contribution in [0.2, 0.25) is 0 Å². The SMILES string of the molecule is CC(CCc1ccco1)NC(=O)c1cccs1. The second kappa shape index (κ2) is 5.68. The highest BCUT2D eigenvalue weighted by atomic mass is 32.1. The van der Waals surface area contributed by atoms with Crippen molar-refractivity contribution in [3.8, 4) is 0 Å². The molecule has 0 aliphatic rings. The number of amides is 1. The van der Waals surface area contributed by atoms with Gasteiger partial charge in [0, 0.05) is 12.5 Å². The fraction of sp³-hybridized carbons (Fsp3) is 0.308. The van der Waals surface area contributed by atoms with Gasteiger partial charge in [-0.2, -0.15) is 0 Å². The first kappa shape index (κ1) is 11.9. The Hall–Kier alpha value is -1.55. The maximum absolute atomic E-state index is 11.8. The number of carbonyl (C=O) groups excluding carboxylic acids is 1. The van der Waals surface area contributed by atoms with Crippen molar-refractivity contribution in [3.63, 3.8) is 0 Å². The summed E-state index contributed by atoms with van der Waals surface area (Å²) in [5, 5.41) is 4.88. The first-order valence-corrected chi connectivity index (χ1v) is 6.50. The molecule has 1 unspecified atom stereocenters. The Labute approximate surface area is 104 Å². The molecule has 0 aliphatic carbocycles. The maximum atomic E-state index is 11.8. The van der Waals surface area contributed by atoms with Crippen LogP contribution in [0.15, 0.2) is 40.3 Å². The Morgan fingerprint density at radius 1 is 1.47 bits per heavy atom. The third kappa shape index (κ3) is 3.46. The van der Waals surface area contributed by atoms with E-state index in [2.05, 4.69) is 5.32 Å². The van der Waals surface area contributed by atoms with E-state index in [1.165, 1.54) is 11.3 Å². The first-order valence-electron chi connectivity index (χ1n) is 5.62. The fourth-order valence-corrected chi connectivity index (χ4v) is 2.22. The van der Waals surface area contributed by atoms with Crippen LogP contribution in [0.3, 0.4) is 0 Å². The van der Waals surface area contributed by atoms with Crippen LogP contribution >= 0.6 is 11.3 Å². The molecule has 90 valence electrons. The summed E-state index contributed by atoms with van der Waals surface area (Å²) in [4.78, 5) is 12.5. The molecule has 3 nitrogen and oxygen atoms in total. The molecule has 2 aromatic heterocycles. The minimum absolute atomic E-state index is 0.00643. The number of thiophene rings is 1. The summed E-state index contributed by atoms with van der Waals surface area (Å²) in [5.41, 5.74) is 0. The van der Waals surface area contributed by atoms with Gasteiger partial charge in [0.2, 0.25) is 0 Å². The van der Waals surface area contributed by atoms with Crippen molar-refractivity contribution in [2.24, 2.45) is 0 Å². The zero-order valence-corrected chi connectivity index (χ0v) is 10.5. The van der Waals surface area contributed by atoms with Crippen LogP contribution in [-0.4, -0.2) is 11.9 Å². The molecule has 1 amide bonds. The lowest BCUT2D eigenvalue weighted by Gasteiger charge is -2.12. The Bertz CT molecular complexity index is 448. The molecule has 0 saturated carbocycles. The van der Waals surface area contributed by atoms with Crippen molar-refractivity contribution in [2.45, 2.75) is 25.8 Å². The molecule has 2 aromatic rings. The van der Waals surface area contributed by atoms with Crippen LogP contribution in [-0.2, 0) is 6.42 Å². The number of carbonyl (C=O) groups is 1. The van der Waals surface area contributed by atoms with Gasteiger partial charge in [0.15, 0.2) is 0 Å². The zero-order chi connectivity index (χ0) is 12.1. The molecule has 4 heteroatoms. The average Bonchev–Trinajstić information content (AvgIpc) is 2.99. The first-order chi connectivity index (χ1) is 8.25. The van der Waals surface area contributed by atoms with Crippen LogP contribution < -0.4 is 5.32 Å². The molecule has 2 heterocycles. The van der Waals surface area contributed by atoms with Gasteiger partial charge in [-0.1, -0.05) is 6.07 Å². The molecule has 0 aromatic carbocycles. The van der Waals surface area contributed by atoms with Gasteiger partial charge in [0.1, 0.15) is 5.76 Å². The summed E-state index contributed by atoms with van der Waals surface area (Å²) in [7, 11) is 0. The lowest BCUT2D eigenvalue weighted by Crippen LogP contribution is -2.32.